The first-order valence-electron chi connectivity index (χ1n) is 10.7. The van der Waals surface area contributed by atoms with Crippen LogP contribution in [0.5, 0.6) is 11.5 Å². The Labute approximate surface area is 200 Å². The number of nitrogens with two attached hydrogens (primary N) is 1. The van der Waals surface area contributed by atoms with Gasteiger partial charge in [-0.2, -0.15) is 0 Å². The van der Waals surface area contributed by atoms with Crippen LogP contribution in [0.2, 0.25) is 0 Å². The Hall–Kier alpha value is -3.92. The number of nitrogens with zero attached hydrogens (tertiary/aromatic N) is 4. The zero-order chi connectivity index (χ0) is 22.7. The number of nitrogens with one attached hydrogen (secondary N) is 1. The summed E-state index contributed by atoms with van der Waals surface area (Å²) < 4.78 is 17.1. The van der Waals surface area contributed by atoms with Crippen molar-refractivity contribution in [3.8, 4) is 17.2 Å². The second-order valence-electron chi connectivity index (χ2n) is 8.43. The molecule has 0 saturated carbocycles. The lowest BCUT2D eigenvalue weighted by atomic mass is 10.0. The number of benzene rings is 2. The standard InChI is InChI=1S/C23H22N6O4.ClH/c1-14-10-27-22(30)28(16-5-3-2-4-6-16)23(31)29(27)17-12-26(21(24)25-20(14)17)11-15-7-8-18-19(9-15)33-13-32-18;/h2-9,17H,10-13H2,1H3,(H2,24,25);1H. The number of allylic oxidation sites excluding steroid dienone is 1. The van der Waals surface area contributed by atoms with E-state index in [0.29, 0.717) is 37.0 Å². The summed E-state index contributed by atoms with van der Waals surface area (Å²) in [6.45, 7) is 3.44. The van der Waals surface area contributed by atoms with Crippen molar-refractivity contribution in [1.29, 1.82) is 0 Å². The molecule has 3 aromatic rings. The van der Waals surface area contributed by atoms with E-state index in [1.807, 2.05) is 47.9 Å². The van der Waals surface area contributed by atoms with Gasteiger partial charge in [0.05, 0.1) is 25.3 Å². The van der Waals surface area contributed by atoms with E-state index in [0.717, 1.165) is 22.6 Å². The molecule has 4 heterocycles. The molecule has 0 bridgehead atoms. The van der Waals surface area contributed by atoms with Crippen molar-refractivity contribution in [3.05, 3.63) is 86.3 Å². The summed E-state index contributed by atoms with van der Waals surface area (Å²) in [6, 6.07) is 14.4. The maximum atomic E-state index is 13.4. The largest absolute Gasteiger partial charge is 1.00 e. The second kappa shape index (κ2) is 8.14. The number of rotatable bonds is 3. The van der Waals surface area contributed by atoms with Crippen LogP contribution in [-0.2, 0) is 13.1 Å². The molecule has 34 heavy (non-hydrogen) atoms. The van der Waals surface area contributed by atoms with Gasteiger partial charge in [-0.1, -0.05) is 24.3 Å². The minimum absolute atomic E-state index is 0. The molecule has 0 amide bonds. The van der Waals surface area contributed by atoms with Crippen molar-refractivity contribution >= 4 is 5.96 Å². The summed E-state index contributed by atoms with van der Waals surface area (Å²) in [5, 5.41) is 3.29. The highest BCUT2D eigenvalue weighted by molar-refractivity contribution is 5.76. The van der Waals surface area contributed by atoms with Crippen molar-refractivity contribution in [2.45, 2.75) is 26.1 Å². The van der Waals surface area contributed by atoms with Gasteiger partial charge in [-0.3, -0.25) is 10.3 Å². The SMILES string of the molecule is CC1=C2NC(N)=[N+](Cc3ccc4c(c3)OCO4)CC2n2c(=O)n(-c3ccccc3)c(=O)n2C1.[Cl-]. The first kappa shape index (κ1) is 21.9. The highest BCUT2D eigenvalue weighted by Crippen LogP contribution is 2.33. The number of para-hydroxylation sites is 1. The number of hydrogen-bond acceptors (Lipinski definition) is 6. The lowest BCUT2D eigenvalue weighted by molar-refractivity contribution is -0.554. The van der Waals surface area contributed by atoms with Gasteiger partial charge in [0.15, 0.2) is 11.5 Å². The zero-order valence-corrected chi connectivity index (χ0v) is 19.2. The maximum absolute atomic E-state index is 13.4. The van der Waals surface area contributed by atoms with Gasteiger partial charge in [0, 0.05) is 0 Å². The second-order valence-corrected chi connectivity index (χ2v) is 8.43. The number of halogens is 1. The highest BCUT2D eigenvalue weighted by atomic mass is 35.5. The van der Waals surface area contributed by atoms with Crippen LogP contribution in [0, 0.1) is 0 Å². The molecule has 10 nitrogen and oxygen atoms in total. The number of aromatic nitrogens is 3. The van der Waals surface area contributed by atoms with Gasteiger partial charge in [0.1, 0.15) is 11.7 Å². The molecule has 0 spiro atoms. The molecule has 6 rings (SSSR count). The Morgan fingerprint density at radius 1 is 1.09 bits per heavy atom. The van der Waals surface area contributed by atoms with Crippen LogP contribution in [0.25, 0.3) is 5.69 Å². The van der Waals surface area contributed by atoms with E-state index in [1.165, 1.54) is 9.25 Å². The minimum atomic E-state index is -0.370. The normalized spacial score (nSPS) is 18.2. The van der Waals surface area contributed by atoms with Crippen LogP contribution < -0.4 is 44.3 Å². The zero-order valence-electron chi connectivity index (χ0n) is 18.4. The van der Waals surface area contributed by atoms with E-state index >= 15 is 0 Å². The fourth-order valence-electron chi connectivity index (χ4n) is 4.75. The highest BCUT2D eigenvalue weighted by Gasteiger charge is 2.38. The quantitative estimate of drug-likeness (QED) is 0.399. The molecule has 0 saturated heterocycles. The molecule has 3 aliphatic heterocycles. The third-order valence-electron chi connectivity index (χ3n) is 6.36. The Morgan fingerprint density at radius 3 is 2.65 bits per heavy atom. The van der Waals surface area contributed by atoms with E-state index in [4.69, 9.17) is 15.2 Å². The summed E-state index contributed by atoms with van der Waals surface area (Å²) in [6.07, 6.45) is 0. The van der Waals surface area contributed by atoms with Crippen LogP contribution in [-0.4, -0.2) is 37.8 Å². The van der Waals surface area contributed by atoms with Gasteiger partial charge in [-0.15, -0.1) is 0 Å². The molecule has 176 valence electrons. The predicted octanol–water partition coefficient (Wildman–Crippen LogP) is -2.51. The lowest BCUT2D eigenvalue weighted by Crippen LogP contribution is -3.00. The van der Waals surface area contributed by atoms with Gasteiger partial charge in [-0.25, -0.2) is 28.8 Å². The molecule has 1 atom stereocenters. The number of fused-ring (bicyclic) bond motifs is 4. The molecule has 3 aliphatic rings. The molecule has 0 fully saturated rings. The van der Waals surface area contributed by atoms with Crippen LogP contribution >= 0.6 is 0 Å². The van der Waals surface area contributed by atoms with Gasteiger partial charge in [-0.05, 0) is 42.3 Å². The van der Waals surface area contributed by atoms with Crippen molar-refractivity contribution in [2.75, 3.05) is 13.3 Å². The molecular weight excluding hydrogens is 460 g/mol. The third kappa shape index (κ3) is 3.29. The Morgan fingerprint density at radius 2 is 1.85 bits per heavy atom. The molecule has 0 radical (unpaired) electrons. The van der Waals surface area contributed by atoms with E-state index in [2.05, 4.69) is 5.32 Å². The summed E-state index contributed by atoms with van der Waals surface area (Å²) in [5.41, 5.74) is 9.03. The summed E-state index contributed by atoms with van der Waals surface area (Å²) in [7, 11) is 0. The Balaban J connectivity index is 0.00000241. The van der Waals surface area contributed by atoms with Crippen LogP contribution in [0.4, 0.5) is 0 Å². The fourth-order valence-corrected chi connectivity index (χ4v) is 4.75. The smallest absolute Gasteiger partial charge is 0.352 e. The summed E-state index contributed by atoms with van der Waals surface area (Å²) >= 11 is 0. The molecule has 11 heteroatoms. The number of ether oxygens (including phenoxy) is 2. The molecule has 1 unspecified atom stereocenters. The molecule has 0 aliphatic carbocycles. The van der Waals surface area contributed by atoms with E-state index in [9.17, 15) is 9.59 Å². The number of guanidine groups is 1. The van der Waals surface area contributed by atoms with E-state index < -0.39 is 0 Å². The first-order chi connectivity index (χ1) is 16.0. The van der Waals surface area contributed by atoms with Crippen molar-refractivity contribution in [2.24, 2.45) is 5.73 Å². The van der Waals surface area contributed by atoms with Gasteiger partial charge in [0.25, 0.3) is 0 Å². The average Bonchev–Trinajstić information content (AvgIpc) is 3.37. The minimum Gasteiger partial charge on any atom is -1.00 e. The molecule has 2 aromatic carbocycles. The predicted molar refractivity (Wildman–Crippen MR) is 120 cm³/mol. The monoisotopic (exact) mass is 482 g/mol. The summed E-state index contributed by atoms with van der Waals surface area (Å²) in [5.74, 6) is 1.93. The lowest BCUT2D eigenvalue weighted by Gasteiger charge is -2.32. The molecule has 1 aromatic heterocycles. The average molecular weight is 483 g/mol. The first-order valence-corrected chi connectivity index (χ1v) is 10.7. The fraction of sp³-hybridized carbons (Fsp3) is 0.261. The van der Waals surface area contributed by atoms with Crippen LogP contribution in [0.15, 0.2) is 69.4 Å². The van der Waals surface area contributed by atoms with Crippen molar-refractivity contribution in [3.63, 3.8) is 0 Å². The van der Waals surface area contributed by atoms with Crippen LogP contribution in [0.1, 0.15) is 18.5 Å². The van der Waals surface area contributed by atoms with Crippen molar-refractivity contribution in [1.82, 2.24) is 19.2 Å². The van der Waals surface area contributed by atoms with Crippen LogP contribution in [0.3, 0.4) is 0 Å². The molecular formula is C23H23ClN6O4. The van der Waals surface area contributed by atoms with Crippen molar-refractivity contribution < 1.29 is 26.5 Å². The van der Waals surface area contributed by atoms with E-state index in [1.54, 1.807) is 16.8 Å². The third-order valence-corrected chi connectivity index (χ3v) is 6.36. The summed E-state index contributed by atoms with van der Waals surface area (Å²) in [4.78, 5) is 26.6. The Bertz CT molecular complexity index is 1470. The number of hydrogen-bond donors (Lipinski definition) is 2. The molecule has 3 N–H and O–H groups in total. The van der Waals surface area contributed by atoms with E-state index in [-0.39, 0.29) is 36.6 Å². The van der Waals surface area contributed by atoms with Gasteiger partial charge < -0.3 is 21.9 Å². The van der Waals surface area contributed by atoms with Gasteiger partial charge in [0.2, 0.25) is 6.79 Å². The van der Waals surface area contributed by atoms with Gasteiger partial charge >= 0.3 is 17.3 Å². The topological polar surface area (TPSA) is 108 Å². The maximum Gasteiger partial charge on any atom is 0.352 e. The Kier molecular flexibility index (Phi) is 5.24.